The van der Waals surface area contributed by atoms with Gasteiger partial charge in [-0.3, -0.25) is 4.90 Å². The van der Waals surface area contributed by atoms with Gasteiger partial charge in [0.2, 0.25) is 10.0 Å². The van der Waals surface area contributed by atoms with Gasteiger partial charge >= 0.3 is 6.18 Å². The Balaban J connectivity index is 1.96. The van der Waals surface area contributed by atoms with Crippen LogP contribution in [0.2, 0.25) is 0 Å². The Labute approximate surface area is 159 Å². The summed E-state index contributed by atoms with van der Waals surface area (Å²) < 4.78 is 78.0. The van der Waals surface area contributed by atoms with Crippen molar-refractivity contribution in [3.63, 3.8) is 0 Å². The first kappa shape index (κ1) is 20.6. The number of piperazine rings is 1. The van der Waals surface area contributed by atoms with Crippen LogP contribution in [0.4, 0.5) is 17.6 Å². The average molecular weight is 418 g/mol. The number of hydrogen-bond donors (Lipinski definition) is 0. The average Bonchev–Trinajstić information content (AvgIpc) is 2.63. The molecule has 2 aromatic rings. The molecule has 0 spiro atoms. The highest BCUT2D eigenvalue weighted by atomic mass is 32.2. The van der Waals surface area contributed by atoms with Crippen molar-refractivity contribution in [3.8, 4) is 0 Å². The second kappa shape index (κ2) is 7.72. The van der Waals surface area contributed by atoms with Crippen LogP contribution in [0.1, 0.15) is 22.7 Å². The van der Waals surface area contributed by atoms with E-state index in [0.29, 0.717) is 11.6 Å². The number of sulfonamides is 1. The molecule has 1 saturated heterocycles. The van der Waals surface area contributed by atoms with E-state index in [4.69, 9.17) is 0 Å². The smallest absolute Gasteiger partial charge is 0.290 e. The molecule has 1 aliphatic heterocycles. The van der Waals surface area contributed by atoms with Crippen LogP contribution >= 0.6 is 0 Å². The minimum Gasteiger partial charge on any atom is -0.290 e. The van der Waals surface area contributed by atoms with Gasteiger partial charge < -0.3 is 0 Å². The van der Waals surface area contributed by atoms with Gasteiger partial charge in [-0.1, -0.05) is 6.07 Å². The van der Waals surface area contributed by atoms with Crippen LogP contribution in [0.3, 0.4) is 0 Å². The number of hydrogen-bond acceptors (Lipinski definition) is 5. The van der Waals surface area contributed by atoms with Crippen LogP contribution in [0.5, 0.6) is 0 Å². The Kier molecular flexibility index (Phi) is 5.69. The van der Waals surface area contributed by atoms with Crippen molar-refractivity contribution in [2.75, 3.05) is 32.4 Å². The standard InChI is InChI=1S/C17H18F4N4O2S/c1-28(26,27)25-6-4-24(5-7-25)16(12-9-22-11-23-10-12)14-3-2-13(8-15(14)18)17(19,20)21/h2-3,8-11,16H,4-7H2,1H3. The third-order valence-electron chi connectivity index (χ3n) is 4.63. The third kappa shape index (κ3) is 4.47. The normalized spacial score (nSPS) is 18.2. The molecule has 0 radical (unpaired) electrons. The minimum atomic E-state index is -4.65. The number of alkyl halides is 3. The van der Waals surface area contributed by atoms with E-state index in [1.165, 1.54) is 23.0 Å². The maximum Gasteiger partial charge on any atom is 0.416 e. The van der Waals surface area contributed by atoms with E-state index >= 15 is 0 Å². The van der Waals surface area contributed by atoms with Gasteiger partial charge in [0.25, 0.3) is 0 Å². The Morgan fingerprint density at radius 2 is 1.68 bits per heavy atom. The fourth-order valence-electron chi connectivity index (χ4n) is 3.26. The van der Waals surface area contributed by atoms with Gasteiger partial charge in [0, 0.05) is 49.7 Å². The SMILES string of the molecule is CS(=O)(=O)N1CCN(C(c2cncnc2)c2ccc(C(F)(F)F)cc2F)CC1. The first-order valence-corrected chi connectivity index (χ1v) is 10.2. The van der Waals surface area contributed by atoms with Crippen molar-refractivity contribution in [2.45, 2.75) is 12.2 Å². The largest absolute Gasteiger partial charge is 0.416 e. The predicted molar refractivity (Wildman–Crippen MR) is 93.3 cm³/mol. The molecule has 0 saturated carbocycles. The Morgan fingerprint density at radius 1 is 1.07 bits per heavy atom. The number of aromatic nitrogens is 2. The lowest BCUT2D eigenvalue weighted by Gasteiger charge is -2.38. The molecule has 0 amide bonds. The number of rotatable bonds is 4. The van der Waals surface area contributed by atoms with Crippen LogP contribution < -0.4 is 0 Å². The molecule has 1 atom stereocenters. The molecule has 0 N–H and O–H groups in total. The van der Waals surface area contributed by atoms with Gasteiger partial charge in [-0.05, 0) is 12.1 Å². The molecule has 28 heavy (non-hydrogen) atoms. The highest BCUT2D eigenvalue weighted by Gasteiger charge is 2.34. The molecule has 6 nitrogen and oxygen atoms in total. The summed E-state index contributed by atoms with van der Waals surface area (Å²) in [5, 5.41) is 0. The lowest BCUT2D eigenvalue weighted by atomic mass is 9.97. The summed E-state index contributed by atoms with van der Waals surface area (Å²) in [5.74, 6) is -0.991. The number of halogens is 4. The highest BCUT2D eigenvalue weighted by Crippen LogP contribution is 2.35. The van der Waals surface area contributed by atoms with Crippen molar-refractivity contribution in [1.29, 1.82) is 0 Å². The Bertz CT molecular complexity index is 930. The fraction of sp³-hybridized carbons (Fsp3) is 0.412. The van der Waals surface area contributed by atoms with Crippen molar-refractivity contribution in [3.05, 3.63) is 59.4 Å². The number of nitrogens with zero attached hydrogens (tertiary/aromatic N) is 4. The molecule has 1 aromatic carbocycles. The summed E-state index contributed by atoms with van der Waals surface area (Å²) in [7, 11) is -3.35. The zero-order valence-corrected chi connectivity index (χ0v) is 15.7. The summed E-state index contributed by atoms with van der Waals surface area (Å²) in [6.07, 6.45) is 0.702. The van der Waals surface area contributed by atoms with E-state index < -0.39 is 33.6 Å². The van der Waals surface area contributed by atoms with Crippen LogP contribution in [0.25, 0.3) is 0 Å². The second-order valence-corrected chi connectivity index (χ2v) is 8.49. The minimum absolute atomic E-state index is 0.0515. The molecular weight excluding hydrogens is 400 g/mol. The van der Waals surface area contributed by atoms with Gasteiger partial charge in [-0.15, -0.1) is 0 Å². The fourth-order valence-corrected chi connectivity index (χ4v) is 4.08. The summed E-state index contributed by atoms with van der Waals surface area (Å²) in [6.45, 7) is 0.969. The molecular formula is C17H18F4N4O2S. The van der Waals surface area contributed by atoms with E-state index in [9.17, 15) is 26.0 Å². The third-order valence-corrected chi connectivity index (χ3v) is 5.93. The zero-order chi connectivity index (χ0) is 20.5. The zero-order valence-electron chi connectivity index (χ0n) is 14.9. The van der Waals surface area contributed by atoms with E-state index in [0.717, 1.165) is 18.4 Å². The summed E-state index contributed by atoms with van der Waals surface area (Å²) in [5.41, 5.74) is -0.511. The molecule has 1 aliphatic rings. The van der Waals surface area contributed by atoms with E-state index in [1.54, 1.807) is 0 Å². The Hall–Kier alpha value is -2.11. The van der Waals surface area contributed by atoms with Gasteiger partial charge in [-0.25, -0.2) is 22.8 Å². The molecule has 0 aliphatic carbocycles. The van der Waals surface area contributed by atoms with E-state index in [1.807, 2.05) is 4.90 Å². The maximum absolute atomic E-state index is 14.7. The first-order valence-electron chi connectivity index (χ1n) is 8.38. The number of benzene rings is 1. The molecule has 2 heterocycles. The van der Waals surface area contributed by atoms with Crippen LogP contribution in [-0.2, 0) is 16.2 Å². The van der Waals surface area contributed by atoms with Crippen LogP contribution in [0.15, 0.2) is 36.9 Å². The predicted octanol–water partition coefficient (Wildman–Crippen LogP) is 2.30. The Morgan fingerprint density at radius 3 is 2.18 bits per heavy atom. The second-order valence-electron chi connectivity index (χ2n) is 6.51. The maximum atomic E-state index is 14.7. The van der Waals surface area contributed by atoms with Crippen molar-refractivity contribution >= 4 is 10.0 Å². The molecule has 1 aromatic heterocycles. The van der Waals surface area contributed by atoms with Crippen molar-refractivity contribution in [1.82, 2.24) is 19.2 Å². The summed E-state index contributed by atoms with van der Waals surface area (Å²) in [4.78, 5) is 9.65. The quantitative estimate of drug-likeness (QED) is 0.713. The molecule has 1 fully saturated rings. The molecule has 0 bridgehead atoms. The van der Waals surface area contributed by atoms with E-state index in [2.05, 4.69) is 9.97 Å². The highest BCUT2D eigenvalue weighted by molar-refractivity contribution is 7.88. The van der Waals surface area contributed by atoms with Gasteiger partial charge in [0.1, 0.15) is 12.1 Å². The van der Waals surface area contributed by atoms with Crippen molar-refractivity contribution < 1.29 is 26.0 Å². The van der Waals surface area contributed by atoms with Crippen LogP contribution in [-0.4, -0.2) is 60.0 Å². The van der Waals surface area contributed by atoms with Crippen molar-refractivity contribution in [2.24, 2.45) is 0 Å². The monoisotopic (exact) mass is 418 g/mol. The van der Waals surface area contributed by atoms with Gasteiger partial charge in [-0.2, -0.15) is 17.5 Å². The van der Waals surface area contributed by atoms with Gasteiger partial charge in [0.15, 0.2) is 0 Å². The summed E-state index contributed by atoms with van der Waals surface area (Å²) >= 11 is 0. The molecule has 11 heteroatoms. The lowest BCUT2D eigenvalue weighted by Crippen LogP contribution is -2.49. The summed E-state index contributed by atoms with van der Waals surface area (Å²) in [6, 6.07) is 1.68. The van der Waals surface area contributed by atoms with Crippen LogP contribution in [0, 0.1) is 5.82 Å². The molecule has 152 valence electrons. The molecule has 1 unspecified atom stereocenters. The first-order chi connectivity index (χ1) is 13.1. The molecule has 3 rings (SSSR count). The van der Waals surface area contributed by atoms with E-state index in [-0.39, 0.29) is 31.7 Å². The topological polar surface area (TPSA) is 66.4 Å². The lowest BCUT2D eigenvalue weighted by molar-refractivity contribution is -0.137. The van der Waals surface area contributed by atoms with Gasteiger partial charge in [0.05, 0.1) is 17.9 Å².